The zero-order chi connectivity index (χ0) is 21.2. The average molecular weight is 415 g/mol. The van der Waals surface area contributed by atoms with E-state index in [0.717, 1.165) is 56.5 Å². The highest BCUT2D eigenvalue weighted by atomic mass is 19.4. The van der Waals surface area contributed by atoms with Gasteiger partial charge in [-0.15, -0.1) is 0 Å². The van der Waals surface area contributed by atoms with Crippen LogP contribution in [0.3, 0.4) is 0 Å². The number of piperidine rings is 1. The molecule has 2 heterocycles. The first kappa shape index (κ1) is 22.2. The zero-order valence-electron chi connectivity index (χ0n) is 17.6. The van der Waals surface area contributed by atoms with Crippen LogP contribution >= 0.6 is 0 Å². The first-order valence-electron chi connectivity index (χ1n) is 10.5. The summed E-state index contributed by atoms with van der Waals surface area (Å²) >= 11 is 0. The number of pyridine rings is 1. The predicted octanol–water partition coefficient (Wildman–Crippen LogP) is 4.26. The van der Waals surface area contributed by atoms with Crippen molar-refractivity contribution in [2.45, 2.75) is 76.2 Å². The molecule has 2 fully saturated rings. The van der Waals surface area contributed by atoms with Gasteiger partial charge in [-0.25, -0.2) is 4.98 Å². The number of hydrogen-bond donors (Lipinski definition) is 2. The minimum atomic E-state index is -4.37. The van der Waals surface area contributed by atoms with Crippen molar-refractivity contribution in [1.82, 2.24) is 4.98 Å². The van der Waals surface area contributed by atoms with Crippen LogP contribution in [0.1, 0.15) is 51.1 Å². The molecule has 0 radical (unpaired) electrons. The van der Waals surface area contributed by atoms with E-state index in [-0.39, 0.29) is 25.4 Å². The molecule has 1 aliphatic heterocycles. The third kappa shape index (κ3) is 4.79. The number of hydrogen-bond acceptors (Lipinski definition) is 5. The number of alkyl halides is 3. The number of aryl methyl sites for hydroxylation is 1. The average Bonchev–Trinajstić information content (AvgIpc) is 2.67. The molecule has 1 saturated heterocycles. The third-order valence-electron chi connectivity index (χ3n) is 6.66. The fraction of sp³-hybridized carbons (Fsp3) is 0.762. The largest absolute Gasteiger partial charge is 0.417 e. The highest BCUT2D eigenvalue weighted by molar-refractivity contribution is 5.54. The van der Waals surface area contributed by atoms with Gasteiger partial charge in [0.25, 0.3) is 0 Å². The number of anilines is 2. The first-order chi connectivity index (χ1) is 13.6. The molecule has 3 rings (SSSR count). The van der Waals surface area contributed by atoms with Crippen molar-refractivity contribution in [1.29, 1.82) is 0 Å². The van der Waals surface area contributed by atoms with Crippen molar-refractivity contribution in [3.8, 4) is 0 Å². The van der Waals surface area contributed by atoms with E-state index in [1.807, 2.05) is 24.0 Å². The van der Waals surface area contributed by atoms with E-state index in [9.17, 15) is 13.2 Å². The Morgan fingerprint density at radius 1 is 1.28 bits per heavy atom. The second-order valence-electron chi connectivity index (χ2n) is 8.66. The van der Waals surface area contributed by atoms with Gasteiger partial charge in [0.05, 0.1) is 11.4 Å². The number of nitrogens with one attached hydrogen (secondary N) is 1. The van der Waals surface area contributed by atoms with Gasteiger partial charge in [0.1, 0.15) is 5.82 Å². The summed E-state index contributed by atoms with van der Waals surface area (Å²) in [5.41, 5.74) is 5.75. The summed E-state index contributed by atoms with van der Waals surface area (Å²) in [7, 11) is 1.15. The van der Waals surface area contributed by atoms with Crippen LogP contribution in [0.2, 0.25) is 0 Å². The number of methoxy groups -OCH3 is 1. The summed E-state index contributed by atoms with van der Waals surface area (Å²) in [4.78, 5) is 6.63. The minimum Gasteiger partial charge on any atom is -0.383 e. The number of ether oxygens (including phenoxy) is 1. The van der Waals surface area contributed by atoms with Gasteiger partial charge in [-0.2, -0.15) is 13.2 Å². The first-order valence-corrected chi connectivity index (χ1v) is 10.5. The summed E-state index contributed by atoms with van der Waals surface area (Å²) in [5, 5.41) is 3.49. The van der Waals surface area contributed by atoms with Crippen LogP contribution in [-0.2, 0) is 4.74 Å². The lowest BCUT2D eigenvalue weighted by molar-refractivity contribution is -0.278. The normalized spacial score (nSPS) is 31.0. The molecule has 8 heteroatoms. The molecule has 1 aliphatic carbocycles. The zero-order valence-corrected chi connectivity index (χ0v) is 17.6. The maximum atomic E-state index is 13.5. The molecule has 0 amide bonds. The summed E-state index contributed by atoms with van der Waals surface area (Å²) in [5.74, 6) is 1.34. The third-order valence-corrected chi connectivity index (χ3v) is 6.66. The molecule has 1 aromatic heterocycles. The van der Waals surface area contributed by atoms with Crippen LogP contribution in [0.5, 0.6) is 0 Å². The SMILES string of the molecule is COC1(C(F)(F)F)CCN(c2ccc(NCC3CCC(N)CC3)c(C)n2)C(C)C1. The fourth-order valence-electron chi connectivity index (χ4n) is 4.65. The van der Waals surface area contributed by atoms with E-state index in [2.05, 4.69) is 10.3 Å². The maximum absolute atomic E-state index is 13.5. The van der Waals surface area contributed by atoms with Crippen molar-refractivity contribution < 1.29 is 17.9 Å². The van der Waals surface area contributed by atoms with Gasteiger partial charge < -0.3 is 20.7 Å². The Hall–Kier alpha value is -1.54. The monoisotopic (exact) mass is 414 g/mol. The van der Waals surface area contributed by atoms with Crippen LogP contribution in [0.15, 0.2) is 12.1 Å². The smallest absolute Gasteiger partial charge is 0.383 e. The molecule has 164 valence electrons. The molecule has 2 unspecified atom stereocenters. The molecule has 0 aromatic carbocycles. The Morgan fingerprint density at radius 2 is 1.97 bits per heavy atom. The molecule has 2 atom stereocenters. The Morgan fingerprint density at radius 3 is 2.52 bits per heavy atom. The van der Waals surface area contributed by atoms with E-state index in [1.165, 1.54) is 0 Å². The van der Waals surface area contributed by atoms with Crippen molar-refractivity contribution in [3.05, 3.63) is 17.8 Å². The summed E-state index contributed by atoms with van der Waals surface area (Å²) < 4.78 is 45.5. The van der Waals surface area contributed by atoms with Crippen LogP contribution in [0.25, 0.3) is 0 Å². The van der Waals surface area contributed by atoms with E-state index < -0.39 is 11.8 Å². The quantitative estimate of drug-likeness (QED) is 0.754. The minimum absolute atomic E-state index is 0.0954. The van der Waals surface area contributed by atoms with Gasteiger partial charge in [0.15, 0.2) is 5.60 Å². The van der Waals surface area contributed by atoms with Crippen molar-refractivity contribution in [3.63, 3.8) is 0 Å². The molecular weight excluding hydrogens is 381 g/mol. The van der Waals surface area contributed by atoms with Gasteiger partial charge in [0.2, 0.25) is 0 Å². The summed E-state index contributed by atoms with van der Waals surface area (Å²) in [6, 6.07) is 3.91. The highest BCUT2D eigenvalue weighted by Crippen LogP contribution is 2.43. The van der Waals surface area contributed by atoms with E-state index in [1.54, 1.807) is 6.92 Å². The lowest BCUT2D eigenvalue weighted by Gasteiger charge is -2.45. The van der Waals surface area contributed by atoms with Crippen LogP contribution in [-0.4, -0.2) is 49.0 Å². The van der Waals surface area contributed by atoms with Crippen molar-refractivity contribution in [2.75, 3.05) is 30.4 Å². The number of aromatic nitrogens is 1. The van der Waals surface area contributed by atoms with Gasteiger partial charge >= 0.3 is 6.18 Å². The Bertz CT molecular complexity index is 691. The molecule has 29 heavy (non-hydrogen) atoms. The van der Waals surface area contributed by atoms with Crippen LogP contribution in [0, 0.1) is 12.8 Å². The number of halogens is 3. The fourth-order valence-corrected chi connectivity index (χ4v) is 4.65. The Labute approximate surface area is 171 Å². The van der Waals surface area contributed by atoms with Gasteiger partial charge in [-0.3, -0.25) is 0 Å². The molecule has 0 spiro atoms. The Kier molecular flexibility index (Phi) is 6.63. The van der Waals surface area contributed by atoms with Gasteiger partial charge in [-0.1, -0.05) is 0 Å². The highest BCUT2D eigenvalue weighted by Gasteiger charge is 2.58. The maximum Gasteiger partial charge on any atom is 0.417 e. The lowest BCUT2D eigenvalue weighted by Crippen LogP contribution is -2.57. The molecule has 0 bridgehead atoms. The number of nitrogens with two attached hydrogens (primary N) is 1. The van der Waals surface area contributed by atoms with E-state index in [4.69, 9.17) is 10.5 Å². The van der Waals surface area contributed by atoms with Crippen LogP contribution in [0.4, 0.5) is 24.7 Å². The number of rotatable bonds is 5. The lowest BCUT2D eigenvalue weighted by atomic mass is 9.86. The second-order valence-corrected chi connectivity index (χ2v) is 8.66. The summed E-state index contributed by atoms with van der Waals surface area (Å²) in [6.45, 7) is 4.90. The van der Waals surface area contributed by atoms with E-state index >= 15 is 0 Å². The molecule has 1 saturated carbocycles. The molecule has 2 aliphatic rings. The predicted molar refractivity (Wildman–Crippen MR) is 109 cm³/mol. The van der Waals surface area contributed by atoms with Gasteiger partial charge in [0, 0.05) is 45.1 Å². The Balaban J connectivity index is 1.63. The summed E-state index contributed by atoms with van der Waals surface area (Å²) in [6.07, 6.45) is -0.122. The van der Waals surface area contributed by atoms with Crippen LogP contribution < -0.4 is 16.0 Å². The van der Waals surface area contributed by atoms with E-state index in [0.29, 0.717) is 12.0 Å². The van der Waals surface area contributed by atoms with Crippen molar-refractivity contribution >= 4 is 11.5 Å². The molecule has 1 aromatic rings. The number of nitrogens with zero attached hydrogens (tertiary/aromatic N) is 2. The van der Waals surface area contributed by atoms with Gasteiger partial charge in [-0.05, 0) is 57.6 Å². The topological polar surface area (TPSA) is 63.4 Å². The standard InChI is InChI=1S/C21H33F3N4O/c1-14-12-20(29-3,21(22,23)24)10-11-28(14)19-9-8-18(15(2)27-19)26-13-16-4-6-17(25)7-5-16/h8-9,14,16-17,26H,4-7,10-13,25H2,1-3H3. The molecule has 5 nitrogen and oxygen atoms in total. The second kappa shape index (κ2) is 8.68. The molecular formula is C21H33F3N4O. The van der Waals surface area contributed by atoms with Crippen molar-refractivity contribution in [2.24, 2.45) is 11.7 Å². The molecule has 3 N–H and O–H groups in total.